The Labute approximate surface area is 108 Å². The zero-order valence-electron chi connectivity index (χ0n) is 11.0. The van der Waals surface area contributed by atoms with Crippen molar-refractivity contribution in [2.75, 3.05) is 24.7 Å². The fraction of sp³-hybridized carbons (Fsp3) is 0.571. The second-order valence-electron chi connectivity index (χ2n) is 5.04. The fourth-order valence-corrected chi connectivity index (χ4v) is 2.43. The maximum atomic E-state index is 14.0. The highest BCUT2D eigenvalue weighted by Gasteiger charge is 2.23. The monoisotopic (exact) mass is 252 g/mol. The molecule has 0 spiro atoms. The summed E-state index contributed by atoms with van der Waals surface area (Å²) in [7, 11) is 0. The molecule has 0 aliphatic carbocycles. The minimum Gasteiger partial charge on any atom is -0.377 e. The van der Waals surface area contributed by atoms with Crippen LogP contribution in [-0.2, 0) is 11.2 Å². The molecular formula is C14H21FN2O. The maximum absolute atomic E-state index is 14.0. The van der Waals surface area contributed by atoms with Gasteiger partial charge in [-0.05, 0) is 32.4 Å². The Morgan fingerprint density at radius 2 is 2.33 bits per heavy atom. The van der Waals surface area contributed by atoms with Gasteiger partial charge in [0.25, 0.3) is 0 Å². The summed E-state index contributed by atoms with van der Waals surface area (Å²) in [4.78, 5) is 2.21. The van der Waals surface area contributed by atoms with Crippen LogP contribution in [0, 0.1) is 5.82 Å². The molecule has 1 fully saturated rings. The molecule has 0 radical (unpaired) electrons. The summed E-state index contributed by atoms with van der Waals surface area (Å²) in [5.74, 6) is -0.163. The van der Waals surface area contributed by atoms with E-state index < -0.39 is 0 Å². The standard InChI is InChI=1S/C14H21FN2O/c1-10(16)8-12-13(15)4-3-5-14(12)17-6-7-18-9-11(17)2/h3-5,10-11H,6-9,16H2,1-2H3. The molecule has 2 rings (SSSR count). The quantitative estimate of drug-likeness (QED) is 0.893. The van der Waals surface area contributed by atoms with Gasteiger partial charge >= 0.3 is 0 Å². The highest BCUT2D eigenvalue weighted by Crippen LogP contribution is 2.27. The minimum absolute atomic E-state index is 0.0444. The van der Waals surface area contributed by atoms with Gasteiger partial charge in [-0.2, -0.15) is 0 Å². The molecule has 1 saturated heterocycles. The minimum atomic E-state index is -0.163. The van der Waals surface area contributed by atoms with Gasteiger partial charge in [-0.25, -0.2) is 4.39 Å². The van der Waals surface area contributed by atoms with E-state index in [1.54, 1.807) is 6.07 Å². The lowest BCUT2D eigenvalue weighted by molar-refractivity contribution is 0.0988. The summed E-state index contributed by atoms with van der Waals surface area (Å²) < 4.78 is 19.4. The van der Waals surface area contributed by atoms with Crippen LogP contribution < -0.4 is 10.6 Å². The first-order chi connectivity index (χ1) is 8.59. The zero-order valence-corrected chi connectivity index (χ0v) is 11.0. The van der Waals surface area contributed by atoms with Crippen molar-refractivity contribution in [3.8, 4) is 0 Å². The van der Waals surface area contributed by atoms with Crippen molar-refractivity contribution in [2.24, 2.45) is 5.73 Å². The largest absolute Gasteiger partial charge is 0.377 e. The SMILES string of the molecule is CC(N)Cc1c(F)cccc1N1CCOCC1C. The van der Waals surface area contributed by atoms with Gasteiger partial charge in [-0.1, -0.05) is 6.07 Å². The molecule has 18 heavy (non-hydrogen) atoms. The molecule has 100 valence electrons. The first-order valence-electron chi connectivity index (χ1n) is 6.47. The molecular weight excluding hydrogens is 231 g/mol. The summed E-state index contributed by atoms with van der Waals surface area (Å²) in [6, 6.07) is 5.47. The number of nitrogens with zero attached hydrogens (tertiary/aromatic N) is 1. The van der Waals surface area contributed by atoms with Crippen LogP contribution in [-0.4, -0.2) is 31.8 Å². The van der Waals surface area contributed by atoms with Crippen molar-refractivity contribution in [2.45, 2.75) is 32.4 Å². The first-order valence-corrected chi connectivity index (χ1v) is 6.47. The van der Waals surface area contributed by atoms with Crippen LogP contribution in [0.2, 0.25) is 0 Å². The number of morpholine rings is 1. The van der Waals surface area contributed by atoms with Crippen molar-refractivity contribution in [1.82, 2.24) is 0 Å². The fourth-order valence-electron chi connectivity index (χ4n) is 2.43. The van der Waals surface area contributed by atoms with E-state index >= 15 is 0 Å². The molecule has 2 N–H and O–H groups in total. The van der Waals surface area contributed by atoms with E-state index in [1.165, 1.54) is 6.07 Å². The lowest BCUT2D eigenvalue weighted by Gasteiger charge is -2.36. The van der Waals surface area contributed by atoms with Crippen LogP contribution in [0.5, 0.6) is 0 Å². The van der Waals surface area contributed by atoms with E-state index in [4.69, 9.17) is 10.5 Å². The Morgan fingerprint density at radius 1 is 1.56 bits per heavy atom. The number of hydrogen-bond acceptors (Lipinski definition) is 3. The molecule has 3 nitrogen and oxygen atoms in total. The highest BCUT2D eigenvalue weighted by molar-refractivity contribution is 5.55. The van der Waals surface area contributed by atoms with Crippen molar-refractivity contribution >= 4 is 5.69 Å². The van der Waals surface area contributed by atoms with E-state index in [1.807, 2.05) is 13.0 Å². The Balaban J connectivity index is 2.33. The number of hydrogen-bond donors (Lipinski definition) is 1. The number of benzene rings is 1. The second kappa shape index (κ2) is 5.67. The van der Waals surface area contributed by atoms with Gasteiger partial charge in [0.05, 0.1) is 13.2 Å². The summed E-state index contributed by atoms with van der Waals surface area (Å²) in [5.41, 5.74) is 7.50. The van der Waals surface area contributed by atoms with Crippen LogP contribution in [0.15, 0.2) is 18.2 Å². The van der Waals surface area contributed by atoms with Gasteiger partial charge in [0.1, 0.15) is 5.82 Å². The second-order valence-corrected chi connectivity index (χ2v) is 5.04. The van der Waals surface area contributed by atoms with E-state index in [0.717, 1.165) is 17.8 Å². The summed E-state index contributed by atoms with van der Waals surface area (Å²) in [5, 5.41) is 0. The third-order valence-corrected chi connectivity index (χ3v) is 3.30. The Bertz CT molecular complexity index is 409. The van der Waals surface area contributed by atoms with E-state index in [9.17, 15) is 4.39 Å². The van der Waals surface area contributed by atoms with Crippen molar-refractivity contribution < 1.29 is 9.13 Å². The molecule has 0 saturated carbocycles. The lowest BCUT2D eigenvalue weighted by Crippen LogP contribution is -2.44. The predicted octanol–water partition coefficient (Wildman–Crippen LogP) is 1.94. The van der Waals surface area contributed by atoms with Crippen molar-refractivity contribution in [3.63, 3.8) is 0 Å². The molecule has 4 heteroatoms. The molecule has 1 aliphatic heterocycles. The van der Waals surface area contributed by atoms with Gasteiger partial charge < -0.3 is 15.4 Å². The van der Waals surface area contributed by atoms with Crippen LogP contribution in [0.3, 0.4) is 0 Å². The van der Waals surface area contributed by atoms with Gasteiger partial charge in [-0.15, -0.1) is 0 Å². The predicted molar refractivity (Wildman–Crippen MR) is 71.4 cm³/mol. The van der Waals surface area contributed by atoms with E-state index in [0.29, 0.717) is 19.6 Å². The van der Waals surface area contributed by atoms with Crippen LogP contribution in [0.1, 0.15) is 19.4 Å². The summed E-state index contributed by atoms with van der Waals surface area (Å²) in [6.07, 6.45) is 0.562. The summed E-state index contributed by atoms with van der Waals surface area (Å²) >= 11 is 0. The average molecular weight is 252 g/mol. The number of halogens is 1. The lowest BCUT2D eigenvalue weighted by atomic mass is 10.0. The normalized spacial score (nSPS) is 22.0. The van der Waals surface area contributed by atoms with Crippen molar-refractivity contribution in [3.05, 3.63) is 29.6 Å². The van der Waals surface area contributed by atoms with Gasteiger partial charge in [0.2, 0.25) is 0 Å². The van der Waals surface area contributed by atoms with Gasteiger partial charge in [-0.3, -0.25) is 0 Å². The molecule has 0 aromatic heterocycles. The number of ether oxygens (including phenoxy) is 1. The van der Waals surface area contributed by atoms with Crippen molar-refractivity contribution in [1.29, 1.82) is 0 Å². The molecule has 0 bridgehead atoms. The average Bonchev–Trinajstić information content (AvgIpc) is 2.32. The maximum Gasteiger partial charge on any atom is 0.128 e. The first kappa shape index (κ1) is 13.3. The molecule has 1 aromatic rings. The third-order valence-electron chi connectivity index (χ3n) is 3.30. The number of anilines is 1. The Morgan fingerprint density at radius 3 is 3.00 bits per heavy atom. The van der Waals surface area contributed by atoms with Gasteiger partial charge in [0.15, 0.2) is 0 Å². The van der Waals surface area contributed by atoms with Gasteiger partial charge in [0, 0.05) is 29.9 Å². The smallest absolute Gasteiger partial charge is 0.128 e. The van der Waals surface area contributed by atoms with Crippen LogP contribution in [0.25, 0.3) is 0 Å². The van der Waals surface area contributed by atoms with Crippen LogP contribution in [0.4, 0.5) is 10.1 Å². The Hall–Kier alpha value is -1.13. The molecule has 1 aliphatic rings. The Kier molecular flexibility index (Phi) is 4.19. The summed E-state index contributed by atoms with van der Waals surface area (Å²) in [6.45, 7) is 6.18. The van der Waals surface area contributed by atoms with Crippen LogP contribution >= 0.6 is 0 Å². The number of nitrogens with two attached hydrogens (primary N) is 1. The molecule has 2 atom stereocenters. The highest BCUT2D eigenvalue weighted by atomic mass is 19.1. The van der Waals surface area contributed by atoms with E-state index in [2.05, 4.69) is 11.8 Å². The zero-order chi connectivity index (χ0) is 13.1. The third kappa shape index (κ3) is 2.82. The topological polar surface area (TPSA) is 38.5 Å². The molecule has 1 aromatic carbocycles. The van der Waals surface area contributed by atoms with E-state index in [-0.39, 0.29) is 17.9 Å². The number of rotatable bonds is 3. The molecule has 1 heterocycles. The molecule has 0 amide bonds. The molecule has 2 unspecified atom stereocenters.